The second-order valence-corrected chi connectivity index (χ2v) is 5.88. The smallest absolute Gasteiger partial charge is 0.221 e. The average molecular weight is 329 g/mol. The molecule has 3 heteroatoms. The lowest BCUT2D eigenvalue weighted by molar-refractivity contribution is -0.119. The molecule has 0 radical (unpaired) electrons. The van der Waals surface area contributed by atoms with E-state index in [4.69, 9.17) is 0 Å². The maximum Gasteiger partial charge on any atom is 0.221 e. The molecule has 0 aromatic heterocycles. The van der Waals surface area contributed by atoms with Gasteiger partial charge in [-0.2, -0.15) is 0 Å². The third-order valence-electron chi connectivity index (χ3n) is 3.54. The van der Waals surface area contributed by atoms with E-state index in [0.29, 0.717) is 6.42 Å². The van der Waals surface area contributed by atoms with Gasteiger partial charge in [0.2, 0.25) is 5.91 Å². The van der Waals surface area contributed by atoms with E-state index >= 15 is 0 Å². The van der Waals surface area contributed by atoms with Crippen LogP contribution in [0.25, 0.3) is 0 Å². The third kappa shape index (κ3) is 1.97. The first kappa shape index (κ1) is 11.9. The lowest BCUT2D eigenvalue weighted by Crippen LogP contribution is -2.37. The molecule has 0 spiro atoms. The van der Waals surface area contributed by atoms with Gasteiger partial charge in [0.25, 0.3) is 0 Å². The summed E-state index contributed by atoms with van der Waals surface area (Å²) in [6, 6.07) is 8.77. The van der Waals surface area contributed by atoms with E-state index in [1.165, 1.54) is 9.13 Å². The summed E-state index contributed by atoms with van der Waals surface area (Å²) in [5, 5.41) is 3.07. The minimum absolute atomic E-state index is 0.0455. The van der Waals surface area contributed by atoms with Crippen molar-refractivity contribution < 1.29 is 4.79 Å². The quantitative estimate of drug-likeness (QED) is 0.831. The number of halogens is 1. The Hall–Kier alpha value is -0.580. The van der Waals surface area contributed by atoms with Gasteiger partial charge in [-0.25, -0.2) is 0 Å². The van der Waals surface area contributed by atoms with Crippen molar-refractivity contribution in [2.75, 3.05) is 0 Å². The van der Waals surface area contributed by atoms with Gasteiger partial charge >= 0.3 is 0 Å². The number of amides is 1. The van der Waals surface area contributed by atoms with E-state index in [1.54, 1.807) is 0 Å². The van der Waals surface area contributed by atoms with Crippen LogP contribution in [-0.2, 0) is 10.2 Å². The minimum Gasteiger partial charge on any atom is -0.352 e. The molecule has 1 aliphatic rings. The Morgan fingerprint density at radius 3 is 2.62 bits per heavy atom. The number of hydrogen-bond acceptors (Lipinski definition) is 1. The van der Waals surface area contributed by atoms with E-state index in [0.717, 1.165) is 6.42 Å². The Labute approximate surface area is 110 Å². The lowest BCUT2D eigenvalue weighted by atomic mass is 9.75. The van der Waals surface area contributed by atoms with Crippen LogP contribution in [0.5, 0.6) is 0 Å². The summed E-state index contributed by atoms with van der Waals surface area (Å²) in [4.78, 5) is 11.6. The van der Waals surface area contributed by atoms with Crippen LogP contribution in [0.3, 0.4) is 0 Å². The van der Waals surface area contributed by atoms with Gasteiger partial charge in [-0.15, -0.1) is 0 Å². The summed E-state index contributed by atoms with van der Waals surface area (Å²) in [7, 11) is 0. The molecule has 2 unspecified atom stereocenters. The van der Waals surface area contributed by atoms with Gasteiger partial charge in [0.15, 0.2) is 0 Å². The summed E-state index contributed by atoms with van der Waals surface area (Å²) >= 11 is 2.30. The van der Waals surface area contributed by atoms with Crippen molar-refractivity contribution in [3.05, 3.63) is 33.4 Å². The Bertz CT molecular complexity index is 401. The van der Waals surface area contributed by atoms with E-state index in [1.807, 2.05) is 0 Å². The summed E-state index contributed by atoms with van der Waals surface area (Å²) in [5.41, 5.74) is 1.22. The number of nitrogens with one attached hydrogen (secondary N) is 1. The van der Waals surface area contributed by atoms with E-state index < -0.39 is 0 Å². The standard InChI is InChI=1S/C13H16INO/c1-3-11-13(2,8-12(16)15-11)9-4-6-10(14)7-5-9/h4-7,11H,3,8H2,1-2H3,(H,15,16). The third-order valence-corrected chi connectivity index (χ3v) is 4.26. The molecule has 0 saturated carbocycles. The predicted octanol–water partition coefficient (Wildman–Crippen LogP) is 2.85. The van der Waals surface area contributed by atoms with Crippen LogP contribution < -0.4 is 5.32 Å². The molecule has 1 aliphatic heterocycles. The Kier molecular flexibility index (Phi) is 3.24. The van der Waals surface area contributed by atoms with Crippen molar-refractivity contribution in [2.45, 2.75) is 38.1 Å². The van der Waals surface area contributed by atoms with Crippen LogP contribution >= 0.6 is 22.6 Å². The number of carbonyl (C=O) groups excluding carboxylic acids is 1. The van der Waals surface area contributed by atoms with Gasteiger partial charge in [0.1, 0.15) is 0 Å². The van der Waals surface area contributed by atoms with Crippen LogP contribution in [0.4, 0.5) is 0 Å². The lowest BCUT2D eigenvalue weighted by Gasteiger charge is -2.30. The van der Waals surface area contributed by atoms with Crippen LogP contribution in [0.1, 0.15) is 32.3 Å². The fraction of sp³-hybridized carbons (Fsp3) is 0.462. The molecule has 16 heavy (non-hydrogen) atoms. The largest absolute Gasteiger partial charge is 0.352 e. The van der Waals surface area contributed by atoms with Crippen LogP contribution in [-0.4, -0.2) is 11.9 Å². The van der Waals surface area contributed by atoms with Crippen LogP contribution in [0.2, 0.25) is 0 Å². The second kappa shape index (κ2) is 4.35. The maximum absolute atomic E-state index is 11.6. The number of benzene rings is 1. The van der Waals surface area contributed by atoms with Crippen LogP contribution in [0.15, 0.2) is 24.3 Å². The van der Waals surface area contributed by atoms with E-state index in [-0.39, 0.29) is 17.4 Å². The SMILES string of the molecule is CCC1NC(=O)CC1(C)c1ccc(I)cc1. The summed E-state index contributed by atoms with van der Waals surface area (Å²) in [6.07, 6.45) is 1.58. The highest BCUT2D eigenvalue weighted by Crippen LogP contribution is 2.37. The number of carbonyl (C=O) groups is 1. The van der Waals surface area contributed by atoms with Crippen molar-refractivity contribution in [3.63, 3.8) is 0 Å². The highest BCUT2D eigenvalue weighted by molar-refractivity contribution is 14.1. The van der Waals surface area contributed by atoms with Gasteiger partial charge in [0, 0.05) is 21.4 Å². The highest BCUT2D eigenvalue weighted by Gasteiger charge is 2.43. The fourth-order valence-corrected chi connectivity index (χ4v) is 2.91. The molecule has 1 aromatic carbocycles. The Balaban J connectivity index is 2.37. The van der Waals surface area contributed by atoms with E-state index in [9.17, 15) is 4.79 Å². The second-order valence-electron chi connectivity index (χ2n) is 4.63. The molecule has 86 valence electrons. The molecule has 1 N–H and O–H groups in total. The first-order chi connectivity index (χ1) is 7.56. The maximum atomic E-state index is 11.6. The van der Waals surface area contributed by atoms with Gasteiger partial charge < -0.3 is 5.32 Å². The van der Waals surface area contributed by atoms with Crippen molar-refractivity contribution >= 4 is 28.5 Å². The molecule has 1 aromatic rings. The summed E-state index contributed by atoms with van der Waals surface area (Å²) < 4.78 is 1.23. The molecule has 1 saturated heterocycles. The van der Waals surface area contributed by atoms with Gasteiger partial charge in [-0.05, 0) is 46.7 Å². The zero-order valence-corrected chi connectivity index (χ0v) is 11.7. The molecule has 2 rings (SSSR count). The molecule has 2 atom stereocenters. The normalized spacial score (nSPS) is 29.2. The molecule has 2 nitrogen and oxygen atoms in total. The molecule has 0 bridgehead atoms. The first-order valence-electron chi connectivity index (χ1n) is 5.61. The number of rotatable bonds is 2. The molecular weight excluding hydrogens is 313 g/mol. The zero-order valence-electron chi connectivity index (χ0n) is 9.59. The van der Waals surface area contributed by atoms with Gasteiger partial charge in [-0.1, -0.05) is 26.0 Å². The molecular formula is C13H16INO. The first-order valence-corrected chi connectivity index (χ1v) is 6.69. The number of hydrogen-bond donors (Lipinski definition) is 1. The molecule has 0 aliphatic carbocycles. The summed E-state index contributed by atoms with van der Waals surface area (Å²) in [5.74, 6) is 0.174. The van der Waals surface area contributed by atoms with Crippen molar-refractivity contribution in [2.24, 2.45) is 0 Å². The average Bonchev–Trinajstić information content (AvgIpc) is 2.55. The topological polar surface area (TPSA) is 29.1 Å². The van der Waals surface area contributed by atoms with Crippen LogP contribution in [0, 0.1) is 3.57 Å². The van der Waals surface area contributed by atoms with E-state index in [2.05, 4.69) is 66.0 Å². The predicted molar refractivity (Wildman–Crippen MR) is 73.3 cm³/mol. The summed E-state index contributed by atoms with van der Waals surface area (Å²) in [6.45, 7) is 4.31. The highest BCUT2D eigenvalue weighted by atomic mass is 127. The molecule has 1 amide bonds. The van der Waals surface area contributed by atoms with Gasteiger partial charge in [0.05, 0.1) is 0 Å². The molecule has 1 heterocycles. The van der Waals surface area contributed by atoms with Gasteiger partial charge in [-0.3, -0.25) is 4.79 Å². The molecule has 1 fully saturated rings. The van der Waals surface area contributed by atoms with Crippen molar-refractivity contribution in [1.82, 2.24) is 5.32 Å². The van der Waals surface area contributed by atoms with Crippen molar-refractivity contribution in [1.29, 1.82) is 0 Å². The Morgan fingerprint density at radius 1 is 1.44 bits per heavy atom. The fourth-order valence-electron chi connectivity index (χ4n) is 2.55. The zero-order chi connectivity index (χ0) is 11.8. The monoisotopic (exact) mass is 329 g/mol. The van der Waals surface area contributed by atoms with Crippen molar-refractivity contribution in [3.8, 4) is 0 Å². The minimum atomic E-state index is -0.0455. The Morgan fingerprint density at radius 2 is 2.06 bits per heavy atom.